The molecule has 0 spiro atoms. The summed E-state index contributed by atoms with van der Waals surface area (Å²) < 4.78 is 63.7. The van der Waals surface area contributed by atoms with Crippen molar-refractivity contribution in [3.05, 3.63) is 65.2 Å². The van der Waals surface area contributed by atoms with E-state index < -0.39 is 28.5 Å². The Bertz CT molecular complexity index is 1100. The lowest BCUT2D eigenvalue weighted by Gasteiger charge is -2.09. The van der Waals surface area contributed by atoms with E-state index in [4.69, 9.17) is 0 Å². The van der Waals surface area contributed by atoms with Gasteiger partial charge in [-0.2, -0.15) is 13.2 Å². The molecule has 0 aliphatic heterocycles. The number of carbonyl (C=O) groups is 1. The molecule has 0 bridgehead atoms. The van der Waals surface area contributed by atoms with E-state index >= 15 is 0 Å². The van der Waals surface area contributed by atoms with Gasteiger partial charge >= 0.3 is 6.18 Å². The van der Waals surface area contributed by atoms with Crippen molar-refractivity contribution in [1.82, 2.24) is 10.2 Å². The predicted molar refractivity (Wildman–Crippen MR) is 106 cm³/mol. The molecular formula is C18H15F3N4O3S2. The number of rotatable bonds is 7. The number of hydrogen-bond acceptors (Lipinski definition) is 6. The summed E-state index contributed by atoms with van der Waals surface area (Å²) in [5.74, 6) is -0.472. The molecule has 0 saturated carbocycles. The van der Waals surface area contributed by atoms with Crippen LogP contribution in [-0.2, 0) is 16.4 Å². The van der Waals surface area contributed by atoms with Crippen LogP contribution in [0.25, 0.3) is 0 Å². The Morgan fingerprint density at radius 1 is 1.03 bits per heavy atom. The summed E-state index contributed by atoms with van der Waals surface area (Å²) in [7, 11) is -3.84. The number of hydrogen-bond donors (Lipinski definition) is 2. The van der Waals surface area contributed by atoms with Crippen LogP contribution in [0.4, 0.5) is 24.0 Å². The van der Waals surface area contributed by atoms with Crippen LogP contribution >= 0.6 is 11.3 Å². The normalized spacial score (nSPS) is 11.8. The smallest absolute Gasteiger partial charge is 0.322 e. The molecule has 3 aromatic rings. The molecule has 158 valence electrons. The fourth-order valence-corrected chi connectivity index (χ4v) is 4.11. The van der Waals surface area contributed by atoms with Crippen LogP contribution in [0.1, 0.15) is 22.3 Å². The topological polar surface area (TPSA) is 101 Å². The molecule has 2 aromatic carbocycles. The van der Waals surface area contributed by atoms with Crippen molar-refractivity contribution in [1.29, 1.82) is 0 Å². The molecule has 1 aromatic heterocycles. The molecular weight excluding hydrogens is 441 g/mol. The Morgan fingerprint density at radius 3 is 2.27 bits per heavy atom. The van der Waals surface area contributed by atoms with Gasteiger partial charge in [0.15, 0.2) is 0 Å². The average Bonchev–Trinajstić information content (AvgIpc) is 3.19. The summed E-state index contributed by atoms with van der Waals surface area (Å²) in [5, 5.41) is 9.89. The quantitative estimate of drug-likeness (QED) is 0.558. The highest BCUT2D eigenvalue weighted by atomic mass is 32.2. The Labute approximate surface area is 174 Å². The van der Waals surface area contributed by atoms with Gasteiger partial charge in [-0.25, -0.2) is 8.42 Å². The van der Waals surface area contributed by atoms with Gasteiger partial charge < -0.3 is 5.32 Å². The van der Waals surface area contributed by atoms with Gasteiger partial charge in [-0.15, -0.1) is 10.2 Å². The number of amides is 1. The number of nitrogens with zero attached hydrogens (tertiary/aromatic N) is 2. The summed E-state index contributed by atoms with van der Waals surface area (Å²) in [5.41, 5.74) is 2.48. The van der Waals surface area contributed by atoms with Crippen LogP contribution in [0.2, 0.25) is 0 Å². The second-order valence-electron chi connectivity index (χ2n) is 6.14. The molecule has 0 atom stereocenters. The minimum Gasteiger partial charge on any atom is -0.322 e. The monoisotopic (exact) mass is 456 g/mol. The third kappa shape index (κ3) is 6.00. The first kappa shape index (κ1) is 21.7. The number of aryl methyl sites for hydroxylation is 1. The summed E-state index contributed by atoms with van der Waals surface area (Å²) in [6.45, 7) is 0. The van der Waals surface area contributed by atoms with E-state index in [1.165, 1.54) is 54.0 Å². The Hall–Kier alpha value is -2.99. The predicted octanol–water partition coefficient (Wildman–Crippen LogP) is 4.09. The first-order valence-electron chi connectivity index (χ1n) is 8.48. The van der Waals surface area contributed by atoms with Gasteiger partial charge in [0.05, 0.1) is 4.90 Å². The first-order chi connectivity index (χ1) is 14.1. The largest absolute Gasteiger partial charge is 0.389 e. The van der Waals surface area contributed by atoms with Crippen molar-refractivity contribution in [2.24, 2.45) is 0 Å². The number of aromatic nitrogens is 2. The van der Waals surface area contributed by atoms with Gasteiger partial charge in [-0.1, -0.05) is 23.5 Å². The summed E-state index contributed by atoms with van der Waals surface area (Å²) in [6.07, 6.45) is -5.32. The molecule has 12 heteroatoms. The lowest BCUT2D eigenvalue weighted by Crippen LogP contribution is -2.14. The molecule has 2 N–H and O–H groups in total. The summed E-state index contributed by atoms with van der Waals surface area (Å²) in [6, 6.07) is 11.3. The molecule has 0 radical (unpaired) electrons. The van der Waals surface area contributed by atoms with E-state index in [9.17, 15) is 26.4 Å². The van der Waals surface area contributed by atoms with Gasteiger partial charge in [-0.3, -0.25) is 9.52 Å². The highest BCUT2D eigenvalue weighted by molar-refractivity contribution is 7.93. The van der Waals surface area contributed by atoms with E-state index in [2.05, 4.69) is 20.2 Å². The SMILES string of the molecule is O=C(Nc1ccc(S(=O)(=O)Nc2nncs2)cc1)c1ccc(CCC(F)(F)F)cc1. The van der Waals surface area contributed by atoms with Crippen molar-refractivity contribution in [3.8, 4) is 0 Å². The highest BCUT2D eigenvalue weighted by Crippen LogP contribution is 2.23. The number of anilines is 2. The van der Waals surface area contributed by atoms with Crippen molar-refractivity contribution >= 4 is 38.1 Å². The van der Waals surface area contributed by atoms with Gasteiger partial charge in [0, 0.05) is 17.7 Å². The van der Waals surface area contributed by atoms with Gasteiger partial charge in [0.2, 0.25) is 5.13 Å². The second kappa shape index (κ2) is 8.79. The standard InChI is InChI=1S/C18H15F3N4O3S2/c19-18(20,21)10-9-12-1-3-13(4-2-12)16(26)23-14-5-7-15(8-6-14)30(27,28)25-17-24-22-11-29-17/h1-8,11H,9-10H2,(H,23,26)(H,24,25). The van der Waals surface area contributed by atoms with Gasteiger partial charge in [0.25, 0.3) is 15.9 Å². The fourth-order valence-electron chi connectivity index (χ4n) is 2.42. The minimum absolute atomic E-state index is 0.0234. The molecule has 1 amide bonds. The Balaban J connectivity index is 1.61. The zero-order valence-corrected chi connectivity index (χ0v) is 16.8. The van der Waals surface area contributed by atoms with E-state index in [1.807, 2.05) is 0 Å². The van der Waals surface area contributed by atoms with E-state index in [0.717, 1.165) is 11.3 Å². The van der Waals surface area contributed by atoms with E-state index in [-0.39, 0.29) is 22.0 Å². The minimum atomic E-state index is -4.23. The van der Waals surface area contributed by atoms with Crippen LogP contribution in [0.3, 0.4) is 0 Å². The van der Waals surface area contributed by atoms with E-state index in [0.29, 0.717) is 11.3 Å². The number of alkyl halides is 3. The molecule has 7 nitrogen and oxygen atoms in total. The fraction of sp³-hybridized carbons (Fsp3) is 0.167. The van der Waals surface area contributed by atoms with Crippen molar-refractivity contribution in [2.75, 3.05) is 10.0 Å². The van der Waals surface area contributed by atoms with Crippen LogP contribution in [0.15, 0.2) is 58.9 Å². The molecule has 1 heterocycles. The molecule has 0 saturated heterocycles. The number of halogens is 3. The maximum atomic E-state index is 12.3. The summed E-state index contributed by atoms with van der Waals surface area (Å²) >= 11 is 1.03. The lowest BCUT2D eigenvalue weighted by molar-refractivity contribution is -0.134. The first-order valence-corrected chi connectivity index (χ1v) is 10.8. The third-order valence-electron chi connectivity index (χ3n) is 3.92. The van der Waals surface area contributed by atoms with Crippen LogP contribution in [0.5, 0.6) is 0 Å². The maximum absolute atomic E-state index is 12.3. The second-order valence-corrected chi connectivity index (χ2v) is 8.66. The highest BCUT2D eigenvalue weighted by Gasteiger charge is 2.26. The van der Waals surface area contributed by atoms with E-state index in [1.54, 1.807) is 0 Å². The maximum Gasteiger partial charge on any atom is 0.389 e. The zero-order chi connectivity index (χ0) is 21.8. The Morgan fingerprint density at radius 2 is 1.70 bits per heavy atom. The van der Waals surface area contributed by atoms with Gasteiger partial charge in [0.1, 0.15) is 5.51 Å². The number of sulfonamides is 1. The molecule has 0 unspecified atom stereocenters. The van der Waals surface area contributed by atoms with Crippen molar-refractivity contribution in [2.45, 2.75) is 23.9 Å². The van der Waals surface area contributed by atoms with Crippen LogP contribution < -0.4 is 10.0 Å². The van der Waals surface area contributed by atoms with Crippen molar-refractivity contribution < 1.29 is 26.4 Å². The number of carbonyl (C=O) groups excluding carboxylic acids is 1. The molecule has 0 fully saturated rings. The molecule has 0 aliphatic rings. The average molecular weight is 456 g/mol. The van der Waals surface area contributed by atoms with Crippen molar-refractivity contribution in [3.63, 3.8) is 0 Å². The third-order valence-corrected chi connectivity index (χ3v) is 6.01. The number of benzene rings is 2. The zero-order valence-electron chi connectivity index (χ0n) is 15.2. The molecule has 30 heavy (non-hydrogen) atoms. The lowest BCUT2D eigenvalue weighted by atomic mass is 10.1. The molecule has 0 aliphatic carbocycles. The Kier molecular flexibility index (Phi) is 6.37. The van der Waals surface area contributed by atoms with Crippen LogP contribution in [0, 0.1) is 0 Å². The molecule has 3 rings (SSSR count). The van der Waals surface area contributed by atoms with Crippen LogP contribution in [-0.4, -0.2) is 30.7 Å². The summed E-state index contributed by atoms with van der Waals surface area (Å²) in [4.78, 5) is 12.3. The van der Waals surface area contributed by atoms with Gasteiger partial charge in [-0.05, 0) is 48.4 Å². The number of nitrogens with one attached hydrogen (secondary N) is 2.